The van der Waals surface area contributed by atoms with E-state index < -0.39 is 24.3 Å². The highest BCUT2D eigenvalue weighted by molar-refractivity contribution is 5.70. The fourth-order valence-electron chi connectivity index (χ4n) is 9.38. The van der Waals surface area contributed by atoms with Gasteiger partial charge in [-0.05, 0) is 83.5 Å². The first-order valence-corrected chi connectivity index (χ1v) is 33.1. The number of carboxylic acid groups (broad SMARTS) is 1. The third-order valence-corrected chi connectivity index (χ3v) is 14.4. The largest absolute Gasteiger partial charge is 0.545 e. The molecule has 2 unspecified atom stereocenters. The molecular weight excluding hydrogens is 983 g/mol. The molecule has 0 aliphatic carbocycles. The molecule has 0 aromatic carbocycles. The molecule has 458 valence electrons. The maximum atomic E-state index is 12.9. The zero-order valence-corrected chi connectivity index (χ0v) is 52.2. The van der Waals surface area contributed by atoms with Crippen LogP contribution in [-0.2, 0) is 33.3 Å². The van der Waals surface area contributed by atoms with Gasteiger partial charge in [-0.2, -0.15) is 0 Å². The lowest BCUT2D eigenvalue weighted by Crippen LogP contribution is -2.44. The van der Waals surface area contributed by atoms with Gasteiger partial charge in [0.15, 0.2) is 12.4 Å². The number of ether oxygens (including phenoxy) is 4. The van der Waals surface area contributed by atoms with E-state index >= 15 is 0 Å². The van der Waals surface area contributed by atoms with E-state index in [0.717, 1.165) is 70.6 Å². The van der Waals surface area contributed by atoms with E-state index in [4.69, 9.17) is 18.9 Å². The molecule has 0 radical (unpaired) electrons. The van der Waals surface area contributed by atoms with Gasteiger partial charge in [0.05, 0.1) is 40.3 Å². The van der Waals surface area contributed by atoms with Crippen LogP contribution < -0.4 is 5.11 Å². The minimum Gasteiger partial charge on any atom is -0.545 e. The molecule has 0 bridgehead atoms. The Morgan fingerprint density at radius 1 is 0.392 bits per heavy atom. The average molecular weight is 1110 g/mol. The molecule has 2 atom stereocenters. The predicted molar refractivity (Wildman–Crippen MR) is 334 cm³/mol. The van der Waals surface area contributed by atoms with E-state index in [0.29, 0.717) is 23.9 Å². The number of carbonyl (C=O) groups excluding carboxylic acids is 3. The summed E-state index contributed by atoms with van der Waals surface area (Å²) in [4.78, 5) is 37.4. The van der Waals surface area contributed by atoms with Gasteiger partial charge in [0, 0.05) is 12.8 Å². The van der Waals surface area contributed by atoms with Gasteiger partial charge in [-0.25, -0.2) is 0 Å². The Morgan fingerprint density at radius 2 is 0.722 bits per heavy atom. The molecule has 0 aromatic heterocycles. The van der Waals surface area contributed by atoms with E-state index in [1.807, 2.05) is 21.1 Å². The number of esters is 2. The number of carboxylic acids is 1. The van der Waals surface area contributed by atoms with Crippen LogP contribution in [0.3, 0.4) is 0 Å². The molecule has 0 fully saturated rings. The van der Waals surface area contributed by atoms with E-state index in [1.165, 1.54) is 193 Å². The number of unbranched alkanes of at least 4 members (excludes halogenated alkanes) is 34. The summed E-state index contributed by atoms with van der Waals surface area (Å²) in [6.07, 6.45) is 76.8. The standard InChI is InChI=1S/C70H125NO8/c1-6-8-10-12-14-16-18-20-22-24-26-28-30-32-33-34-35-37-38-40-42-44-46-48-50-52-54-56-58-60-67(72)77-64-66(65-78-70(69(74)75)76-63-62-71(3,4)5)79-68(73)61-59-57-55-53-51-49-47-45-43-41-39-36-31-29-27-25-23-21-19-17-15-13-11-9-7-2/h9,11,15,17-18,20-21,23-24,26-27,29,66,70H,6-8,10,12-14,16,19,22,25,28,30-65H2,1-5H3/b11-9-,17-15-,20-18-,23-21-,26-24-,29-27-. The average Bonchev–Trinajstić information content (AvgIpc) is 3.42. The topological polar surface area (TPSA) is 111 Å². The van der Waals surface area contributed by atoms with Gasteiger partial charge in [-0.1, -0.05) is 273 Å². The van der Waals surface area contributed by atoms with Crippen molar-refractivity contribution in [1.29, 1.82) is 0 Å². The molecule has 0 heterocycles. The van der Waals surface area contributed by atoms with E-state index in [2.05, 4.69) is 86.8 Å². The third-order valence-electron chi connectivity index (χ3n) is 14.4. The van der Waals surface area contributed by atoms with E-state index in [-0.39, 0.29) is 32.2 Å². The molecule has 0 rings (SSSR count). The lowest BCUT2D eigenvalue weighted by molar-refractivity contribution is -0.870. The van der Waals surface area contributed by atoms with Crippen LogP contribution in [0.5, 0.6) is 0 Å². The van der Waals surface area contributed by atoms with Crippen molar-refractivity contribution in [2.24, 2.45) is 0 Å². The number of allylic oxidation sites excluding steroid dienone is 12. The first-order valence-electron chi connectivity index (χ1n) is 33.1. The molecule has 79 heavy (non-hydrogen) atoms. The van der Waals surface area contributed by atoms with Gasteiger partial charge in [-0.3, -0.25) is 9.59 Å². The highest BCUT2D eigenvalue weighted by Gasteiger charge is 2.22. The maximum Gasteiger partial charge on any atom is 0.306 e. The van der Waals surface area contributed by atoms with Gasteiger partial charge in [0.1, 0.15) is 13.2 Å². The maximum absolute atomic E-state index is 12.9. The molecular formula is C70H125NO8. The molecule has 0 aliphatic rings. The molecule has 0 spiro atoms. The summed E-state index contributed by atoms with van der Waals surface area (Å²) in [5.74, 6) is -2.27. The number of likely N-dealkylation sites (N-methyl/N-ethyl adjacent to an activating group) is 1. The quantitative estimate of drug-likeness (QED) is 0.0195. The number of aliphatic carboxylic acids is 1. The van der Waals surface area contributed by atoms with Gasteiger partial charge >= 0.3 is 11.9 Å². The van der Waals surface area contributed by atoms with Crippen LogP contribution in [0.15, 0.2) is 72.9 Å². The first-order chi connectivity index (χ1) is 38.6. The third kappa shape index (κ3) is 62.2. The summed E-state index contributed by atoms with van der Waals surface area (Å²) < 4.78 is 22.8. The van der Waals surface area contributed by atoms with Crippen molar-refractivity contribution in [3.63, 3.8) is 0 Å². The zero-order chi connectivity index (χ0) is 57.6. The predicted octanol–water partition coefficient (Wildman–Crippen LogP) is 18.8. The van der Waals surface area contributed by atoms with Crippen LogP contribution in [0.2, 0.25) is 0 Å². The van der Waals surface area contributed by atoms with Gasteiger partial charge in [0.25, 0.3) is 0 Å². The van der Waals surface area contributed by atoms with Crippen molar-refractivity contribution in [2.45, 2.75) is 309 Å². The number of quaternary nitrogens is 1. The van der Waals surface area contributed by atoms with Gasteiger partial charge < -0.3 is 33.3 Å². The van der Waals surface area contributed by atoms with Crippen LogP contribution in [0.25, 0.3) is 0 Å². The van der Waals surface area contributed by atoms with Gasteiger partial charge in [0.2, 0.25) is 0 Å². The first kappa shape index (κ1) is 75.7. The highest BCUT2D eigenvalue weighted by Crippen LogP contribution is 2.17. The Hall–Kier alpha value is -3.27. The molecule has 0 aromatic rings. The normalized spacial score (nSPS) is 13.2. The van der Waals surface area contributed by atoms with Crippen molar-refractivity contribution in [1.82, 2.24) is 0 Å². The summed E-state index contributed by atoms with van der Waals surface area (Å²) in [6, 6.07) is 0. The Morgan fingerprint density at radius 3 is 1.08 bits per heavy atom. The lowest BCUT2D eigenvalue weighted by Gasteiger charge is -2.26. The van der Waals surface area contributed by atoms with Crippen molar-refractivity contribution in [3.8, 4) is 0 Å². The molecule has 0 aliphatic heterocycles. The number of carbonyl (C=O) groups is 3. The second kappa shape index (κ2) is 60.8. The second-order valence-corrected chi connectivity index (χ2v) is 23.4. The van der Waals surface area contributed by atoms with Crippen molar-refractivity contribution >= 4 is 17.9 Å². The fourth-order valence-corrected chi connectivity index (χ4v) is 9.38. The van der Waals surface area contributed by atoms with Gasteiger partial charge in [-0.15, -0.1) is 0 Å². The monoisotopic (exact) mass is 1110 g/mol. The number of rotatable bonds is 61. The zero-order valence-electron chi connectivity index (χ0n) is 52.2. The fraction of sp³-hybridized carbons (Fsp3) is 0.786. The summed E-state index contributed by atoms with van der Waals surface area (Å²) in [7, 11) is 5.93. The lowest BCUT2D eigenvalue weighted by atomic mass is 10.0. The highest BCUT2D eigenvalue weighted by atomic mass is 16.7. The number of hydrogen-bond donors (Lipinski definition) is 0. The van der Waals surface area contributed by atoms with Crippen molar-refractivity contribution in [3.05, 3.63) is 72.9 Å². The van der Waals surface area contributed by atoms with Crippen LogP contribution in [-0.4, -0.2) is 82.3 Å². The van der Waals surface area contributed by atoms with Crippen LogP contribution in [0.4, 0.5) is 0 Å². The molecule has 0 N–H and O–H groups in total. The summed E-state index contributed by atoms with van der Waals surface area (Å²) in [6.45, 7) is 4.66. The van der Waals surface area contributed by atoms with Crippen LogP contribution in [0, 0.1) is 0 Å². The SMILES string of the molecule is CC/C=C\C/C=C\C/C=C\C/C=C\CCCCCCCCCCCCCCC(=O)OC(COC(=O)CCCCCCCCCCCCCCCCCCC/C=C\C/C=C\CCCCCCC)COC(OCC[N+](C)(C)C)C(=O)[O-]. The minimum atomic E-state index is -1.62. The molecule has 0 saturated carbocycles. The number of nitrogens with zero attached hydrogens (tertiary/aromatic N) is 1. The van der Waals surface area contributed by atoms with E-state index in [9.17, 15) is 19.5 Å². The Labute approximate surface area is 487 Å². The van der Waals surface area contributed by atoms with Crippen molar-refractivity contribution < 1.29 is 42.9 Å². The summed E-state index contributed by atoms with van der Waals surface area (Å²) in [5, 5.41) is 11.8. The molecule has 0 saturated heterocycles. The van der Waals surface area contributed by atoms with Crippen LogP contribution >= 0.6 is 0 Å². The smallest absolute Gasteiger partial charge is 0.306 e. The number of hydrogen-bond acceptors (Lipinski definition) is 8. The summed E-state index contributed by atoms with van der Waals surface area (Å²) >= 11 is 0. The second-order valence-electron chi connectivity index (χ2n) is 23.4. The minimum absolute atomic E-state index is 0.146. The molecule has 0 amide bonds. The van der Waals surface area contributed by atoms with Crippen LogP contribution in [0.1, 0.15) is 296 Å². The summed E-state index contributed by atoms with van der Waals surface area (Å²) in [5.41, 5.74) is 0. The molecule has 9 nitrogen and oxygen atoms in total. The Bertz CT molecular complexity index is 1520. The van der Waals surface area contributed by atoms with E-state index in [1.54, 1.807) is 0 Å². The Balaban J connectivity index is 4.13. The molecule has 9 heteroatoms. The Kier molecular flexibility index (Phi) is 58.3. The van der Waals surface area contributed by atoms with Crippen molar-refractivity contribution in [2.75, 3.05) is 47.5 Å².